The van der Waals surface area contributed by atoms with Crippen LogP contribution in [-0.4, -0.2) is 37.0 Å². The molecule has 1 aromatic rings. The molecule has 1 amide bonds. The smallest absolute Gasteiger partial charge is 0.254 e. The SMILES string of the molecule is COc1cc(C(=O)N2CCCC2CN)ccc1C. The number of methoxy groups -OCH3 is 1. The molecule has 4 nitrogen and oxygen atoms in total. The molecule has 1 aromatic carbocycles. The molecule has 1 aliphatic rings. The van der Waals surface area contributed by atoms with Gasteiger partial charge in [0.15, 0.2) is 0 Å². The van der Waals surface area contributed by atoms with E-state index in [1.807, 2.05) is 30.0 Å². The zero-order valence-electron chi connectivity index (χ0n) is 11.0. The number of amides is 1. The minimum Gasteiger partial charge on any atom is -0.496 e. The molecule has 1 fully saturated rings. The van der Waals surface area contributed by atoms with Gasteiger partial charge in [0.2, 0.25) is 0 Å². The lowest BCUT2D eigenvalue weighted by molar-refractivity contribution is 0.0741. The van der Waals surface area contributed by atoms with Crippen LogP contribution in [0.1, 0.15) is 28.8 Å². The average Bonchev–Trinajstić information content (AvgIpc) is 2.86. The Kier molecular flexibility index (Phi) is 3.87. The molecule has 2 rings (SSSR count). The topological polar surface area (TPSA) is 55.6 Å². The van der Waals surface area contributed by atoms with Gasteiger partial charge in [0.05, 0.1) is 7.11 Å². The highest BCUT2D eigenvalue weighted by Crippen LogP contribution is 2.23. The molecule has 98 valence electrons. The summed E-state index contributed by atoms with van der Waals surface area (Å²) in [5.74, 6) is 0.811. The van der Waals surface area contributed by atoms with Gasteiger partial charge in [-0.15, -0.1) is 0 Å². The van der Waals surface area contributed by atoms with Crippen LogP contribution in [0.25, 0.3) is 0 Å². The Labute approximate surface area is 108 Å². The van der Waals surface area contributed by atoms with E-state index in [0.29, 0.717) is 12.1 Å². The fourth-order valence-corrected chi connectivity index (χ4v) is 2.47. The molecule has 1 heterocycles. The first kappa shape index (κ1) is 12.9. The first-order chi connectivity index (χ1) is 8.67. The van der Waals surface area contributed by atoms with E-state index < -0.39 is 0 Å². The van der Waals surface area contributed by atoms with Crippen LogP contribution in [0.4, 0.5) is 0 Å². The molecule has 2 N–H and O–H groups in total. The zero-order chi connectivity index (χ0) is 13.1. The van der Waals surface area contributed by atoms with Crippen LogP contribution < -0.4 is 10.5 Å². The summed E-state index contributed by atoms with van der Waals surface area (Å²) in [5.41, 5.74) is 7.41. The molecule has 0 saturated carbocycles. The van der Waals surface area contributed by atoms with Gasteiger partial charge in [-0.3, -0.25) is 4.79 Å². The summed E-state index contributed by atoms with van der Waals surface area (Å²) in [5, 5.41) is 0. The Morgan fingerprint density at radius 2 is 2.33 bits per heavy atom. The fraction of sp³-hybridized carbons (Fsp3) is 0.500. The first-order valence-electron chi connectivity index (χ1n) is 6.33. The number of aryl methyl sites for hydroxylation is 1. The number of hydrogen-bond donors (Lipinski definition) is 1. The van der Waals surface area contributed by atoms with Crippen molar-refractivity contribution in [3.8, 4) is 5.75 Å². The van der Waals surface area contributed by atoms with Crippen molar-refractivity contribution in [3.05, 3.63) is 29.3 Å². The number of ether oxygens (including phenoxy) is 1. The van der Waals surface area contributed by atoms with Crippen LogP contribution in [0.3, 0.4) is 0 Å². The largest absolute Gasteiger partial charge is 0.496 e. The third-order valence-electron chi connectivity index (χ3n) is 3.57. The highest BCUT2D eigenvalue weighted by Gasteiger charge is 2.28. The van der Waals surface area contributed by atoms with Crippen molar-refractivity contribution in [2.75, 3.05) is 20.2 Å². The van der Waals surface area contributed by atoms with Crippen LogP contribution in [0.2, 0.25) is 0 Å². The molecule has 0 bridgehead atoms. The highest BCUT2D eigenvalue weighted by atomic mass is 16.5. The predicted octanol–water partition coefficient (Wildman–Crippen LogP) is 1.57. The number of carbonyl (C=O) groups is 1. The Hall–Kier alpha value is -1.55. The molecule has 0 radical (unpaired) electrons. The monoisotopic (exact) mass is 248 g/mol. The van der Waals surface area contributed by atoms with Crippen LogP contribution in [0.5, 0.6) is 5.75 Å². The molecular formula is C14H20N2O2. The highest BCUT2D eigenvalue weighted by molar-refractivity contribution is 5.95. The maximum absolute atomic E-state index is 12.4. The molecule has 1 saturated heterocycles. The molecule has 18 heavy (non-hydrogen) atoms. The normalized spacial score (nSPS) is 19.1. The van der Waals surface area contributed by atoms with Gasteiger partial charge in [0, 0.05) is 24.7 Å². The molecule has 1 atom stereocenters. The Morgan fingerprint density at radius 3 is 3.00 bits per heavy atom. The van der Waals surface area contributed by atoms with Gasteiger partial charge in [0.1, 0.15) is 5.75 Å². The predicted molar refractivity (Wildman–Crippen MR) is 70.8 cm³/mol. The summed E-state index contributed by atoms with van der Waals surface area (Å²) in [4.78, 5) is 14.3. The number of nitrogens with two attached hydrogens (primary N) is 1. The summed E-state index contributed by atoms with van der Waals surface area (Å²) < 4.78 is 5.26. The summed E-state index contributed by atoms with van der Waals surface area (Å²) >= 11 is 0. The van der Waals surface area contributed by atoms with Crippen LogP contribution in [-0.2, 0) is 0 Å². The Bertz CT molecular complexity index is 445. The number of rotatable bonds is 3. The fourth-order valence-electron chi connectivity index (χ4n) is 2.47. The average molecular weight is 248 g/mol. The van der Waals surface area contributed by atoms with Crippen LogP contribution in [0, 0.1) is 6.92 Å². The quantitative estimate of drug-likeness (QED) is 0.883. The van der Waals surface area contributed by atoms with Gasteiger partial charge in [0.25, 0.3) is 5.91 Å². The van der Waals surface area contributed by atoms with Gasteiger partial charge in [-0.2, -0.15) is 0 Å². The second-order valence-electron chi connectivity index (χ2n) is 4.71. The number of hydrogen-bond acceptors (Lipinski definition) is 3. The first-order valence-corrected chi connectivity index (χ1v) is 6.33. The third kappa shape index (κ3) is 2.34. The van der Waals surface area contributed by atoms with Crippen molar-refractivity contribution in [2.45, 2.75) is 25.8 Å². The van der Waals surface area contributed by atoms with Gasteiger partial charge in [-0.25, -0.2) is 0 Å². The van der Waals surface area contributed by atoms with Crippen molar-refractivity contribution in [3.63, 3.8) is 0 Å². The Morgan fingerprint density at radius 1 is 1.56 bits per heavy atom. The standard InChI is InChI=1S/C14H20N2O2/c1-10-5-6-11(8-13(10)18-2)14(17)16-7-3-4-12(16)9-15/h5-6,8,12H,3-4,7,9,15H2,1-2H3. The van der Waals surface area contributed by atoms with E-state index in [0.717, 1.165) is 30.7 Å². The lowest BCUT2D eigenvalue weighted by Gasteiger charge is -2.23. The maximum Gasteiger partial charge on any atom is 0.254 e. The Balaban J connectivity index is 2.23. The van der Waals surface area contributed by atoms with E-state index in [4.69, 9.17) is 10.5 Å². The van der Waals surface area contributed by atoms with Gasteiger partial charge < -0.3 is 15.4 Å². The van der Waals surface area contributed by atoms with E-state index >= 15 is 0 Å². The zero-order valence-corrected chi connectivity index (χ0v) is 11.0. The van der Waals surface area contributed by atoms with Crippen molar-refractivity contribution in [1.82, 2.24) is 4.90 Å². The molecule has 4 heteroatoms. The molecule has 1 unspecified atom stereocenters. The second kappa shape index (κ2) is 5.40. The van der Waals surface area contributed by atoms with E-state index in [2.05, 4.69) is 0 Å². The minimum atomic E-state index is 0.0567. The molecule has 1 aliphatic heterocycles. The van der Waals surface area contributed by atoms with Gasteiger partial charge in [-0.05, 0) is 37.5 Å². The van der Waals surface area contributed by atoms with Crippen LogP contribution >= 0.6 is 0 Å². The summed E-state index contributed by atoms with van der Waals surface area (Å²) in [7, 11) is 1.62. The number of carbonyl (C=O) groups excluding carboxylic acids is 1. The van der Waals surface area contributed by atoms with E-state index in [9.17, 15) is 4.79 Å². The van der Waals surface area contributed by atoms with Crippen molar-refractivity contribution in [1.29, 1.82) is 0 Å². The second-order valence-corrected chi connectivity index (χ2v) is 4.71. The van der Waals surface area contributed by atoms with Crippen molar-refractivity contribution < 1.29 is 9.53 Å². The van der Waals surface area contributed by atoms with E-state index in [-0.39, 0.29) is 11.9 Å². The van der Waals surface area contributed by atoms with Crippen molar-refractivity contribution >= 4 is 5.91 Å². The van der Waals surface area contributed by atoms with Crippen LogP contribution in [0.15, 0.2) is 18.2 Å². The molecule has 0 spiro atoms. The summed E-state index contributed by atoms with van der Waals surface area (Å²) in [6.07, 6.45) is 2.04. The van der Waals surface area contributed by atoms with Crippen molar-refractivity contribution in [2.24, 2.45) is 5.73 Å². The minimum absolute atomic E-state index is 0.0567. The van der Waals surface area contributed by atoms with E-state index in [1.54, 1.807) is 7.11 Å². The van der Waals surface area contributed by atoms with E-state index in [1.165, 1.54) is 0 Å². The lowest BCUT2D eigenvalue weighted by atomic mass is 10.1. The van der Waals surface area contributed by atoms with Gasteiger partial charge in [-0.1, -0.05) is 6.07 Å². The number of nitrogens with zero attached hydrogens (tertiary/aromatic N) is 1. The molecule has 0 aliphatic carbocycles. The number of likely N-dealkylation sites (tertiary alicyclic amines) is 1. The summed E-state index contributed by atoms with van der Waals surface area (Å²) in [6, 6.07) is 5.76. The number of benzene rings is 1. The molecule has 0 aromatic heterocycles. The third-order valence-corrected chi connectivity index (χ3v) is 3.57. The lowest BCUT2D eigenvalue weighted by Crippen LogP contribution is -2.39. The molecular weight excluding hydrogens is 228 g/mol. The summed E-state index contributed by atoms with van der Waals surface area (Å²) in [6.45, 7) is 3.30. The van der Waals surface area contributed by atoms with Gasteiger partial charge >= 0.3 is 0 Å². The maximum atomic E-state index is 12.4.